The SMILES string of the molecule is CCn1nccc1C(=O)N[C@H](C(=O)Nc1cc(C(COC)NC(=O)CCC(F)(F)F)ccn1)C1CCC(C)CC1. The van der Waals surface area contributed by atoms with Crippen LogP contribution in [-0.2, 0) is 20.9 Å². The highest BCUT2D eigenvalue weighted by Crippen LogP contribution is 2.31. The van der Waals surface area contributed by atoms with Crippen LogP contribution in [-0.4, -0.2) is 58.4 Å². The van der Waals surface area contributed by atoms with E-state index in [-0.39, 0.29) is 18.3 Å². The molecule has 1 aliphatic carbocycles. The van der Waals surface area contributed by atoms with Gasteiger partial charge in [-0.05, 0) is 55.4 Å². The molecular weight excluding hydrogens is 529 g/mol. The predicted octanol–water partition coefficient (Wildman–Crippen LogP) is 4.01. The van der Waals surface area contributed by atoms with Crippen molar-refractivity contribution in [2.45, 2.75) is 77.2 Å². The number of amides is 3. The summed E-state index contributed by atoms with van der Waals surface area (Å²) in [6, 6.07) is 3.13. The molecule has 220 valence electrons. The number of nitrogens with zero attached hydrogens (tertiary/aromatic N) is 3. The summed E-state index contributed by atoms with van der Waals surface area (Å²) in [7, 11) is 1.40. The third kappa shape index (κ3) is 9.04. The zero-order valence-electron chi connectivity index (χ0n) is 23.0. The first-order chi connectivity index (χ1) is 19.0. The third-order valence-corrected chi connectivity index (χ3v) is 7.09. The highest BCUT2D eigenvalue weighted by atomic mass is 19.4. The lowest BCUT2D eigenvalue weighted by atomic mass is 9.79. The van der Waals surface area contributed by atoms with Crippen molar-refractivity contribution in [2.24, 2.45) is 11.8 Å². The molecule has 2 atom stereocenters. The minimum atomic E-state index is -4.44. The number of methoxy groups -OCH3 is 1. The number of rotatable bonds is 12. The van der Waals surface area contributed by atoms with Gasteiger partial charge in [0.15, 0.2) is 0 Å². The van der Waals surface area contributed by atoms with Gasteiger partial charge in [-0.15, -0.1) is 0 Å². The topological polar surface area (TPSA) is 127 Å². The van der Waals surface area contributed by atoms with Gasteiger partial charge in [-0.2, -0.15) is 18.3 Å². The average Bonchev–Trinajstić information content (AvgIpc) is 3.40. The molecule has 0 bridgehead atoms. The van der Waals surface area contributed by atoms with Crippen LogP contribution in [0.5, 0.6) is 0 Å². The molecule has 0 spiro atoms. The molecule has 10 nitrogen and oxygen atoms in total. The second kappa shape index (κ2) is 14.2. The van der Waals surface area contributed by atoms with Gasteiger partial charge in [-0.25, -0.2) is 4.98 Å². The Hall–Kier alpha value is -3.48. The summed E-state index contributed by atoms with van der Waals surface area (Å²) in [5.74, 6) is -0.966. The van der Waals surface area contributed by atoms with Crippen molar-refractivity contribution in [1.29, 1.82) is 0 Å². The number of anilines is 1. The molecular formula is C27H37F3N6O4. The number of ether oxygens (including phenoxy) is 1. The molecule has 13 heteroatoms. The van der Waals surface area contributed by atoms with Gasteiger partial charge in [-0.3, -0.25) is 19.1 Å². The molecule has 0 radical (unpaired) electrons. The molecule has 3 rings (SSSR count). The minimum absolute atomic E-state index is 0.000784. The zero-order valence-corrected chi connectivity index (χ0v) is 23.0. The van der Waals surface area contributed by atoms with E-state index in [9.17, 15) is 27.6 Å². The Labute approximate surface area is 231 Å². The van der Waals surface area contributed by atoms with Gasteiger partial charge in [-0.1, -0.05) is 19.8 Å². The fourth-order valence-electron chi connectivity index (χ4n) is 4.86. The molecule has 0 saturated heterocycles. The van der Waals surface area contributed by atoms with Gasteiger partial charge in [0.05, 0.1) is 19.1 Å². The number of hydrogen-bond acceptors (Lipinski definition) is 6. The standard InChI is InChI=1S/C27H37F3N6O4/c1-4-36-21(11-14-32-36)25(38)35-24(18-7-5-17(2)6-8-18)26(39)34-22-15-19(10-13-31-22)20(16-40-3)33-23(37)9-12-27(28,29)30/h10-11,13-15,17-18,20,24H,4-9,12,16H2,1-3H3,(H,33,37)(H,35,38)(H,31,34,39)/t17?,18?,20?,24-/m0/s1. The lowest BCUT2D eigenvalue weighted by Gasteiger charge is -2.32. The Morgan fingerprint density at radius 3 is 2.50 bits per heavy atom. The molecule has 1 aliphatic rings. The van der Waals surface area contributed by atoms with Crippen LogP contribution in [0.25, 0.3) is 0 Å². The number of aryl methyl sites for hydroxylation is 1. The molecule has 1 unspecified atom stereocenters. The summed E-state index contributed by atoms with van der Waals surface area (Å²) in [5.41, 5.74) is 0.847. The van der Waals surface area contributed by atoms with E-state index in [4.69, 9.17) is 4.74 Å². The molecule has 2 aromatic rings. The summed E-state index contributed by atoms with van der Waals surface area (Å²) >= 11 is 0. The van der Waals surface area contributed by atoms with Crippen LogP contribution in [0.2, 0.25) is 0 Å². The summed E-state index contributed by atoms with van der Waals surface area (Å²) < 4.78 is 44.3. The monoisotopic (exact) mass is 566 g/mol. The van der Waals surface area contributed by atoms with Crippen molar-refractivity contribution in [2.75, 3.05) is 19.0 Å². The number of halogens is 3. The number of carbonyl (C=O) groups excluding carboxylic acids is 3. The maximum atomic E-state index is 13.5. The fourth-order valence-corrected chi connectivity index (χ4v) is 4.86. The van der Waals surface area contributed by atoms with Crippen molar-refractivity contribution < 1.29 is 32.3 Å². The highest BCUT2D eigenvalue weighted by Gasteiger charge is 2.34. The van der Waals surface area contributed by atoms with Crippen LogP contribution in [0.3, 0.4) is 0 Å². The first-order valence-electron chi connectivity index (χ1n) is 13.4. The van der Waals surface area contributed by atoms with Gasteiger partial charge in [0.25, 0.3) is 5.91 Å². The summed E-state index contributed by atoms with van der Waals surface area (Å²) in [5, 5.41) is 12.4. The molecule has 2 heterocycles. The van der Waals surface area contributed by atoms with Gasteiger partial charge < -0.3 is 20.7 Å². The molecule has 0 aromatic carbocycles. The summed E-state index contributed by atoms with van der Waals surface area (Å²) in [6.45, 7) is 4.53. The lowest BCUT2D eigenvalue weighted by molar-refractivity contribution is -0.144. The smallest absolute Gasteiger partial charge is 0.382 e. The van der Waals surface area contributed by atoms with Crippen molar-refractivity contribution >= 4 is 23.5 Å². The summed E-state index contributed by atoms with van der Waals surface area (Å²) in [6.07, 6.45) is 0.00354. The maximum Gasteiger partial charge on any atom is 0.389 e. The van der Waals surface area contributed by atoms with E-state index in [1.165, 1.54) is 25.6 Å². The predicted molar refractivity (Wildman–Crippen MR) is 141 cm³/mol. The zero-order chi connectivity index (χ0) is 29.3. The van der Waals surface area contributed by atoms with Gasteiger partial charge in [0.1, 0.15) is 17.6 Å². The van der Waals surface area contributed by atoms with Crippen molar-refractivity contribution in [3.63, 3.8) is 0 Å². The Morgan fingerprint density at radius 1 is 1.12 bits per heavy atom. The van der Waals surface area contributed by atoms with E-state index in [0.717, 1.165) is 25.7 Å². The number of nitrogens with one attached hydrogen (secondary N) is 3. The van der Waals surface area contributed by atoms with Crippen LogP contribution in [0.1, 0.15) is 74.5 Å². The first kappa shape index (κ1) is 31.1. The summed E-state index contributed by atoms with van der Waals surface area (Å²) in [4.78, 5) is 43.0. The van der Waals surface area contributed by atoms with Crippen LogP contribution in [0.15, 0.2) is 30.6 Å². The average molecular weight is 567 g/mol. The van der Waals surface area contributed by atoms with Crippen LogP contribution < -0.4 is 16.0 Å². The lowest BCUT2D eigenvalue weighted by Crippen LogP contribution is -2.49. The van der Waals surface area contributed by atoms with E-state index in [1.54, 1.807) is 16.8 Å². The van der Waals surface area contributed by atoms with E-state index in [2.05, 4.69) is 33.0 Å². The molecule has 3 N–H and O–H groups in total. The van der Waals surface area contributed by atoms with Crippen molar-refractivity contribution in [3.8, 4) is 0 Å². The van der Waals surface area contributed by atoms with Gasteiger partial charge in [0, 0.05) is 32.5 Å². The number of hydrogen-bond donors (Lipinski definition) is 3. The number of aromatic nitrogens is 3. The Morgan fingerprint density at radius 2 is 1.85 bits per heavy atom. The third-order valence-electron chi connectivity index (χ3n) is 7.09. The molecule has 1 saturated carbocycles. The molecule has 1 fully saturated rings. The largest absolute Gasteiger partial charge is 0.389 e. The van der Waals surface area contributed by atoms with Gasteiger partial charge in [0.2, 0.25) is 11.8 Å². The molecule has 2 aromatic heterocycles. The van der Waals surface area contributed by atoms with Crippen molar-refractivity contribution in [3.05, 3.63) is 41.9 Å². The van der Waals surface area contributed by atoms with E-state index in [1.807, 2.05) is 6.92 Å². The fraction of sp³-hybridized carbons (Fsp3) is 0.593. The Balaban J connectivity index is 1.75. The molecule has 40 heavy (non-hydrogen) atoms. The molecule has 0 aliphatic heterocycles. The second-order valence-electron chi connectivity index (χ2n) is 10.2. The highest BCUT2D eigenvalue weighted by molar-refractivity contribution is 6.00. The number of carbonyl (C=O) groups is 3. The first-order valence-corrected chi connectivity index (χ1v) is 13.4. The number of alkyl halides is 3. The molecule has 3 amide bonds. The van der Waals surface area contributed by atoms with Crippen molar-refractivity contribution in [1.82, 2.24) is 25.4 Å². The van der Waals surface area contributed by atoms with Gasteiger partial charge >= 0.3 is 6.18 Å². The normalized spacial score (nSPS) is 18.9. The van der Waals surface area contributed by atoms with E-state index < -0.39 is 48.8 Å². The van der Waals surface area contributed by atoms with E-state index >= 15 is 0 Å². The van der Waals surface area contributed by atoms with Crippen LogP contribution in [0.4, 0.5) is 19.0 Å². The second-order valence-corrected chi connectivity index (χ2v) is 10.2. The minimum Gasteiger partial charge on any atom is -0.382 e. The number of pyridine rings is 1. The van der Waals surface area contributed by atoms with E-state index in [0.29, 0.717) is 23.7 Å². The van der Waals surface area contributed by atoms with Crippen LogP contribution >= 0.6 is 0 Å². The Kier molecular flexibility index (Phi) is 11.1. The van der Waals surface area contributed by atoms with Crippen LogP contribution in [0, 0.1) is 11.8 Å². The Bertz CT molecular complexity index is 1150. The maximum absolute atomic E-state index is 13.5. The quantitative estimate of drug-likeness (QED) is 0.356.